The van der Waals surface area contributed by atoms with Gasteiger partial charge in [0.05, 0.1) is 5.56 Å². The number of anilines is 1. The minimum Gasteiger partial charge on any atom is -0.508 e. The predicted octanol–water partition coefficient (Wildman–Crippen LogP) is 4.69. The summed E-state index contributed by atoms with van der Waals surface area (Å²) < 4.78 is 5.88. The topological polar surface area (TPSA) is 360 Å². The summed E-state index contributed by atoms with van der Waals surface area (Å²) >= 11 is 5.42. The fraction of sp³-hybridized carbons (Fsp3) is 0.404. The van der Waals surface area contributed by atoms with Crippen molar-refractivity contribution < 1.29 is 73.4 Å². The number of rotatable bonds is 29. The van der Waals surface area contributed by atoms with Gasteiger partial charge in [-0.25, -0.2) is 24.0 Å². The summed E-state index contributed by atoms with van der Waals surface area (Å²) in [6.07, 6.45) is 3.47. The number of carbonyl (C=O) groups excluding carboxylic acids is 3. The molecule has 0 saturated carbocycles. The zero-order valence-electron chi connectivity index (χ0n) is 37.9. The first-order chi connectivity index (χ1) is 33.3. The fourth-order valence-corrected chi connectivity index (χ4v) is 7.62. The van der Waals surface area contributed by atoms with Gasteiger partial charge in [0.2, 0.25) is 11.8 Å². The Morgan fingerprint density at radius 3 is 1.79 bits per heavy atom. The second-order valence-electron chi connectivity index (χ2n) is 16.3. The van der Waals surface area contributed by atoms with Crippen LogP contribution in [0.15, 0.2) is 63.8 Å². The molecule has 376 valence electrons. The van der Waals surface area contributed by atoms with Gasteiger partial charge >= 0.3 is 35.9 Å². The largest absolute Gasteiger partial charge is 0.508 e. The number of carbonyl (C=O) groups is 8. The average molecular weight is 993 g/mol. The molecule has 1 unspecified atom stereocenters. The first kappa shape index (κ1) is 54.8. The van der Waals surface area contributed by atoms with Crippen LogP contribution < -0.4 is 37.3 Å². The van der Waals surface area contributed by atoms with Crippen LogP contribution in [0, 0.1) is 0 Å². The molecular formula is C47H56N6O16S. The van der Waals surface area contributed by atoms with Crippen LogP contribution in [0.5, 0.6) is 5.75 Å². The van der Waals surface area contributed by atoms with Gasteiger partial charge in [-0.3, -0.25) is 19.2 Å². The van der Waals surface area contributed by atoms with E-state index < -0.39 is 66.3 Å². The van der Waals surface area contributed by atoms with Crippen molar-refractivity contribution in [1.29, 1.82) is 0 Å². The third kappa shape index (κ3) is 17.7. The molecular weight excluding hydrogens is 937 g/mol. The van der Waals surface area contributed by atoms with Crippen LogP contribution in [0.4, 0.5) is 10.5 Å². The number of nitrogens with one attached hydrogen (secondary N) is 6. The highest BCUT2D eigenvalue weighted by molar-refractivity contribution is 7.80. The second kappa shape index (κ2) is 27.2. The lowest BCUT2D eigenvalue weighted by molar-refractivity contribution is -0.142. The van der Waals surface area contributed by atoms with Gasteiger partial charge in [0.15, 0.2) is 10.5 Å². The molecule has 1 heterocycles. The molecule has 4 rings (SSSR count). The van der Waals surface area contributed by atoms with E-state index in [0.717, 1.165) is 0 Å². The molecule has 0 bridgehead atoms. The second-order valence-corrected chi connectivity index (χ2v) is 16.7. The SMILES string of the molecule is O=C(O)CC[C@@H](NC(=O)N[C@@H](CCCCNC(=O)CCCCCCC(=O)NC(CCCCNC(=S)Nc1ccc(-c2c3ccc(=O)cc-3oc3cc(O)ccc23)c(C(=O)O)c1)C(=O)O)C(=O)O)C(=O)O. The van der Waals surface area contributed by atoms with E-state index >= 15 is 0 Å². The van der Waals surface area contributed by atoms with Crippen LogP contribution >= 0.6 is 12.2 Å². The fourth-order valence-electron chi connectivity index (χ4n) is 7.40. The van der Waals surface area contributed by atoms with Crippen molar-refractivity contribution in [2.45, 2.75) is 108 Å². The molecule has 2 aromatic carbocycles. The molecule has 0 spiro atoms. The van der Waals surface area contributed by atoms with Gasteiger partial charge in [-0.05, 0) is 112 Å². The predicted molar refractivity (Wildman–Crippen MR) is 257 cm³/mol. The Labute approximate surface area is 405 Å². The lowest BCUT2D eigenvalue weighted by Crippen LogP contribution is -2.51. The van der Waals surface area contributed by atoms with Crippen molar-refractivity contribution in [3.63, 3.8) is 0 Å². The summed E-state index contributed by atoms with van der Waals surface area (Å²) in [5, 5.41) is 73.5. The van der Waals surface area contributed by atoms with E-state index in [4.69, 9.17) is 21.7 Å². The molecule has 22 nitrogen and oxygen atoms in total. The van der Waals surface area contributed by atoms with Crippen LogP contribution in [0.2, 0.25) is 0 Å². The van der Waals surface area contributed by atoms with Crippen molar-refractivity contribution >= 4 is 81.7 Å². The van der Waals surface area contributed by atoms with Gasteiger partial charge < -0.3 is 67.0 Å². The van der Waals surface area contributed by atoms with Crippen molar-refractivity contribution in [2.75, 3.05) is 18.4 Å². The Kier molecular flexibility index (Phi) is 21.3. The van der Waals surface area contributed by atoms with Gasteiger partial charge in [-0.1, -0.05) is 18.9 Å². The van der Waals surface area contributed by atoms with E-state index in [1.165, 1.54) is 30.3 Å². The van der Waals surface area contributed by atoms with E-state index in [2.05, 4.69) is 31.9 Å². The molecule has 0 aromatic heterocycles. The van der Waals surface area contributed by atoms with E-state index in [9.17, 15) is 68.7 Å². The third-order valence-electron chi connectivity index (χ3n) is 10.9. The summed E-state index contributed by atoms with van der Waals surface area (Å²) in [5.74, 6) is -6.97. The van der Waals surface area contributed by atoms with Crippen LogP contribution in [0.25, 0.3) is 33.4 Å². The molecule has 3 atom stereocenters. The molecule has 2 aromatic rings. The molecule has 12 N–H and O–H groups in total. The average Bonchev–Trinajstić information content (AvgIpc) is 3.29. The highest BCUT2D eigenvalue weighted by Crippen LogP contribution is 2.42. The number of phenols is 1. The zero-order chi connectivity index (χ0) is 51.3. The van der Waals surface area contributed by atoms with Gasteiger partial charge in [-0.15, -0.1) is 0 Å². The van der Waals surface area contributed by atoms with Gasteiger partial charge in [0, 0.05) is 66.7 Å². The Morgan fingerprint density at radius 1 is 0.586 bits per heavy atom. The van der Waals surface area contributed by atoms with Gasteiger partial charge in [0.1, 0.15) is 35.2 Å². The number of hydrogen-bond acceptors (Lipinski definition) is 12. The maximum atomic E-state index is 12.6. The molecule has 0 fully saturated rings. The number of unbranched alkanes of at least 4 members (excludes halogenated alkanes) is 5. The lowest BCUT2D eigenvalue weighted by atomic mass is 9.90. The monoisotopic (exact) mass is 992 g/mol. The summed E-state index contributed by atoms with van der Waals surface area (Å²) in [4.78, 5) is 107. The van der Waals surface area contributed by atoms with E-state index in [0.29, 0.717) is 85.7 Å². The van der Waals surface area contributed by atoms with E-state index in [1.807, 2.05) is 0 Å². The summed E-state index contributed by atoms with van der Waals surface area (Å²) in [7, 11) is 0. The molecule has 23 heteroatoms. The number of carboxylic acids is 5. The number of phenolic OH excluding ortho intramolecular Hbond substituents is 1. The number of urea groups is 1. The number of aliphatic carboxylic acids is 4. The molecule has 0 radical (unpaired) electrons. The molecule has 0 saturated heterocycles. The van der Waals surface area contributed by atoms with Crippen molar-refractivity contribution in [2.24, 2.45) is 0 Å². The molecule has 1 aliphatic heterocycles. The summed E-state index contributed by atoms with van der Waals surface area (Å²) in [6, 6.07) is 8.25. The number of hydrogen-bond donors (Lipinski definition) is 12. The first-order valence-electron chi connectivity index (χ1n) is 22.5. The quantitative estimate of drug-likeness (QED) is 0.0199. The Balaban J connectivity index is 1.10. The Bertz CT molecular complexity index is 2580. The van der Waals surface area contributed by atoms with E-state index in [-0.39, 0.29) is 77.8 Å². The maximum Gasteiger partial charge on any atom is 0.336 e. The van der Waals surface area contributed by atoms with Crippen molar-refractivity contribution in [3.8, 4) is 28.2 Å². The van der Waals surface area contributed by atoms with Crippen LogP contribution in [0.1, 0.15) is 100 Å². The highest BCUT2D eigenvalue weighted by atomic mass is 32.1. The van der Waals surface area contributed by atoms with Crippen molar-refractivity contribution in [3.05, 3.63) is 70.4 Å². The Hall–Kier alpha value is -7.82. The maximum absolute atomic E-state index is 12.6. The highest BCUT2D eigenvalue weighted by Gasteiger charge is 2.26. The smallest absolute Gasteiger partial charge is 0.336 e. The van der Waals surface area contributed by atoms with Crippen LogP contribution in [-0.2, 0) is 28.8 Å². The van der Waals surface area contributed by atoms with Crippen LogP contribution in [0.3, 0.4) is 0 Å². The third-order valence-corrected chi connectivity index (χ3v) is 11.2. The molecule has 70 heavy (non-hydrogen) atoms. The number of aromatic hydroxyl groups is 1. The first-order valence-corrected chi connectivity index (χ1v) is 22.9. The summed E-state index contributed by atoms with van der Waals surface area (Å²) in [5.41, 5.74) is 1.57. The zero-order valence-corrected chi connectivity index (χ0v) is 38.7. The van der Waals surface area contributed by atoms with Gasteiger partial charge in [0.25, 0.3) is 0 Å². The standard InChI is InChI=1S/C47H56N6O16S/c54-27-14-17-30-36(24-27)69-37-25-28(55)15-18-31(37)41(30)29-16-13-26(23-32(29)42(60)61)50-47(70)49-22-8-6-9-33(43(62)63)51-39(57)12-4-2-1-3-11-38(56)48-21-7-5-10-34(44(64)65)52-46(68)53-35(45(66)67)19-20-40(58)59/h13-18,23-25,33-35,54H,1-12,19-22H2,(H,48,56)(H,51,57)(H,58,59)(H,60,61)(H,62,63)(H,64,65)(H,66,67)(H2,49,50,70)(H2,52,53,68)/t33?,34-,35+/m0/s1. The lowest BCUT2D eigenvalue weighted by Gasteiger charge is -2.18. The number of carboxylic acid groups (broad SMARTS) is 5. The number of aromatic carboxylic acids is 1. The van der Waals surface area contributed by atoms with E-state index in [1.54, 1.807) is 24.3 Å². The number of thiocarbonyl (C=S) groups is 1. The number of fused-ring (bicyclic) bond motifs is 2. The number of amides is 4. The van der Waals surface area contributed by atoms with Crippen molar-refractivity contribution in [1.82, 2.24) is 26.6 Å². The minimum atomic E-state index is -1.52. The summed E-state index contributed by atoms with van der Waals surface area (Å²) in [6.45, 7) is 0.596. The Morgan fingerprint density at radius 2 is 1.17 bits per heavy atom. The minimum absolute atomic E-state index is 0.00954. The normalized spacial score (nSPS) is 12.2. The number of benzene rings is 3. The molecule has 4 amide bonds. The molecule has 1 aliphatic carbocycles. The van der Waals surface area contributed by atoms with Gasteiger partial charge in [-0.2, -0.15) is 0 Å². The van der Waals surface area contributed by atoms with Crippen LogP contribution in [-0.4, -0.2) is 115 Å². The molecule has 2 aliphatic rings.